The summed E-state index contributed by atoms with van der Waals surface area (Å²) in [6.45, 7) is 8.69. The number of alkyl halides is 3. The molecular weight excluding hydrogens is 381 g/mol. The van der Waals surface area contributed by atoms with Gasteiger partial charge in [0.25, 0.3) is 5.97 Å². The van der Waals surface area contributed by atoms with Crippen LogP contribution in [0.4, 0.5) is 13.2 Å². The molecule has 0 amide bonds. The van der Waals surface area contributed by atoms with E-state index in [-0.39, 0.29) is 0 Å². The molecule has 1 aromatic rings. The Morgan fingerprint density at radius 2 is 1.34 bits per heavy atom. The third kappa shape index (κ3) is 8.27. The predicted molar refractivity (Wildman–Crippen MR) is 110 cm³/mol. The van der Waals surface area contributed by atoms with E-state index in [1.54, 1.807) is 6.07 Å². The maximum atomic E-state index is 13.3. The van der Waals surface area contributed by atoms with E-state index in [0.717, 1.165) is 25.3 Å². The van der Waals surface area contributed by atoms with Crippen LogP contribution in [0.3, 0.4) is 0 Å². The molecule has 6 heteroatoms. The number of hydrogen-bond donors (Lipinski definition) is 0. The zero-order chi connectivity index (χ0) is 21.8. The van der Waals surface area contributed by atoms with E-state index < -0.39 is 23.6 Å². The summed E-state index contributed by atoms with van der Waals surface area (Å²) in [6, 6.07) is 5.45. The van der Waals surface area contributed by atoms with Crippen LogP contribution in [0, 0.1) is 0 Å². The third-order valence-electron chi connectivity index (χ3n) is 4.93. The minimum atomic E-state index is -4.40. The van der Waals surface area contributed by atoms with E-state index in [2.05, 4.69) is 6.92 Å². The summed E-state index contributed by atoms with van der Waals surface area (Å²) in [5.41, 5.74) is -0.134. The fraction of sp³-hybridized carbons (Fsp3) is 0.739. The molecule has 1 rings (SSSR count). The Hall–Kier alpha value is -1.11. The van der Waals surface area contributed by atoms with Crippen molar-refractivity contribution in [1.82, 2.24) is 0 Å². The van der Waals surface area contributed by atoms with Gasteiger partial charge in [-0.25, -0.2) is 0 Å². The van der Waals surface area contributed by atoms with Crippen LogP contribution in [0.25, 0.3) is 0 Å². The number of rotatable bonds is 15. The van der Waals surface area contributed by atoms with Crippen LogP contribution in [-0.4, -0.2) is 25.8 Å². The van der Waals surface area contributed by atoms with E-state index in [0.29, 0.717) is 31.8 Å². The highest BCUT2D eigenvalue weighted by molar-refractivity contribution is 5.29. The van der Waals surface area contributed by atoms with Crippen LogP contribution >= 0.6 is 0 Å². The lowest BCUT2D eigenvalue weighted by molar-refractivity contribution is -0.389. The van der Waals surface area contributed by atoms with Crippen molar-refractivity contribution in [3.8, 4) is 0 Å². The second kappa shape index (κ2) is 13.2. The average Bonchev–Trinajstić information content (AvgIpc) is 2.67. The number of hydrogen-bond acceptors (Lipinski definition) is 3. The summed E-state index contributed by atoms with van der Waals surface area (Å²) >= 11 is 0. The van der Waals surface area contributed by atoms with Gasteiger partial charge in [-0.05, 0) is 38.8 Å². The molecule has 1 aromatic carbocycles. The van der Waals surface area contributed by atoms with Gasteiger partial charge in [0, 0.05) is 19.8 Å². The van der Waals surface area contributed by atoms with E-state index >= 15 is 0 Å². The minimum Gasteiger partial charge on any atom is -0.327 e. The maximum Gasteiger partial charge on any atom is 0.416 e. The summed E-state index contributed by atoms with van der Waals surface area (Å²) < 4.78 is 57.7. The molecule has 0 aromatic heterocycles. The van der Waals surface area contributed by atoms with Crippen LogP contribution in [0.15, 0.2) is 24.3 Å². The monoisotopic (exact) mass is 418 g/mol. The molecule has 168 valence electrons. The molecule has 0 aliphatic heterocycles. The van der Waals surface area contributed by atoms with Crippen LogP contribution in [0.2, 0.25) is 0 Å². The highest BCUT2D eigenvalue weighted by Gasteiger charge is 2.43. The van der Waals surface area contributed by atoms with Gasteiger partial charge in [-0.15, -0.1) is 0 Å². The molecule has 3 nitrogen and oxygen atoms in total. The first-order chi connectivity index (χ1) is 13.8. The van der Waals surface area contributed by atoms with Crippen LogP contribution in [0.1, 0.15) is 89.7 Å². The molecule has 0 aliphatic carbocycles. The van der Waals surface area contributed by atoms with Crippen molar-refractivity contribution in [3.05, 3.63) is 35.4 Å². The third-order valence-corrected chi connectivity index (χ3v) is 4.93. The van der Waals surface area contributed by atoms with Gasteiger partial charge in [-0.1, -0.05) is 63.6 Å². The lowest BCUT2D eigenvalue weighted by Gasteiger charge is -2.39. The van der Waals surface area contributed by atoms with E-state index in [9.17, 15) is 13.2 Å². The summed E-state index contributed by atoms with van der Waals surface area (Å²) in [5, 5.41) is 0. The highest BCUT2D eigenvalue weighted by atomic mass is 19.4. The number of halogens is 3. The summed E-state index contributed by atoms with van der Waals surface area (Å²) in [5.74, 6) is -1.83. The van der Waals surface area contributed by atoms with Crippen LogP contribution < -0.4 is 0 Å². The van der Waals surface area contributed by atoms with Crippen molar-refractivity contribution in [2.24, 2.45) is 0 Å². The summed E-state index contributed by atoms with van der Waals surface area (Å²) in [4.78, 5) is 0. The van der Waals surface area contributed by atoms with E-state index in [1.807, 2.05) is 20.8 Å². The van der Waals surface area contributed by atoms with Gasteiger partial charge in [0.1, 0.15) is 0 Å². The topological polar surface area (TPSA) is 27.7 Å². The zero-order valence-corrected chi connectivity index (χ0v) is 18.3. The Morgan fingerprint density at radius 3 is 1.86 bits per heavy atom. The second-order valence-corrected chi connectivity index (χ2v) is 7.13. The largest absolute Gasteiger partial charge is 0.416 e. The molecule has 0 spiro atoms. The smallest absolute Gasteiger partial charge is 0.327 e. The Kier molecular flexibility index (Phi) is 11.8. The molecule has 0 saturated carbocycles. The van der Waals surface area contributed by atoms with Crippen LogP contribution in [-0.2, 0) is 20.4 Å². The molecule has 1 atom stereocenters. The molecule has 0 fully saturated rings. The van der Waals surface area contributed by atoms with Crippen LogP contribution in [0.5, 0.6) is 0 Å². The first kappa shape index (κ1) is 25.9. The summed E-state index contributed by atoms with van der Waals surface area (Å²) in [7, 11) is 0. The van der Waals surface area contributed by atoms with Crippen molar-refractivity contribution in [2.45, 2.75) is 90.7 Å². The fourth-order valence-corrected chi connectivity index (χ4v) is 3.64. The SMILES string of the molecule is CCCCCCCCC(c1cccc(C(F)(F)F)c1)C(OCC)(OCC)OCC. The molecule has 1 unspecified atom stereocenters. The van der Waals surface area contributed by atoms with E-state index in [1.165, 1.54) is 31.4 Å². The highest BCUT2D eigenvalue weighted by Crippen LogP contribution is 2.40. The zero-order valence-electron chi connectivity index (χ0n) is 18.3. The maximum absolute atomic E-state index is 13.3. The van der Waals surface area contributed by atoms with E-state index in [4.69, 9.17) is 14.2 Å². The molecule has 0 N–H and O–H groups in total. The van der Waals surface area contributed by atoms with Gasteiger partial charge in [-0.2, -0.15) is 13.2 Å². The lowest BCUT2D eigenvalue weighted by atomic mass is 9.89. The number of unbranched alkanes of at least 4 members (excludes halogenated alkanes) is 5. The lowest BCUT2D eigenvalue weighted by Crippen LogP contribution is -2.45. The minimum absolute atomic E-state index is 0.339. The van der Waals surface area contributed by atoms with Gasteiger partial charge in [0.15, 0.2) is 0 Å². The van der Waals surface area contributed by atoms with Gasteiger partial charge in [0.05, 0.1) is 11.5 Å². The average molecular weight is 419 g/mol. The standard InChI is InChI=1S/C23H37F3O3/c1-5-9-10-11-12-13-17-21(23(27-6-2,28-7-3)29-8-4)19-15-14-16-20(18-19)22(24,25)26/h14-16,18,21H,5-13,17H2,1-4H3. The first-order valence-corrected chi connectivity index (χ1v) is 10.9. The number of benzene rings is 1. The van der Waals surface area contributed by atoms with Crippen molar-refractivity contribution in [3.63, 3.8) is 0 Å². The molecule has 0 saturated heterocycles. The molecule has 29 heavy (non-hydrogen) atoms. The first-order valence-electron chi connectivity index (χ1n) is 10.9. The van der Waals surface area contributed by atoms with Gasteiger partial charge < -0.3 is 14.2 Å². The molecule has 0 bridgehead atoms. The number of ether oxygens (including phenoxy) is 3. The molecule has 0 heterocycles. The predicted octanol–water partition coefficient (Wildman–Crippen LogP) is 7.30. The molecule has 0 radical (unpaired) electrons. The van der Waals surface area contributed by atoms with Gasteiger partial charge >= 0.3 is 6.18 Å². The van der Waals surface area contributed by atoms with Crippen molar-refractivity contribution < 1.29 is 27.4 Å². The van der Waals surface area contributed by atoms with Crippen molar-refractivity contribution in [2.75, 3.05) is 19.8 Å². The van der Waals surface area contributed by atoms with Crippen molar-refractivity contribution in [1.29, 1.82) is 0 Å². The quantitative estimate of drug-likeness (QED) is 0.221. The second-order valence-electron chi connectivity index (χ2n) is 7.13. The Labute approximate surface area is 173 Å². The summed E-state index contributed by atoms with van der Waals surface area (Å²) in [6.07, 6.45) is 2.81. The molecular formula is C23H37F3O3. The molecule has 0 aliphatic rings. The Morgan fingerprint density at radius 1 is 0.793 bits per heavy atom. The van der Waals surface area contributed by atoms with Gasteiger partial charge in [-0.3, -0.25) is 0 Å². The Balaban J connectivity index is 3.18. The fourth-order valence-electron chi connectivity index (χ4n) is 3.64. The van der Waals surface area contributed by atoms with Crippen molar-refractivity contribution >= 4 is 0 Å². The Bertz CT molecular complexity index is 544. The van der Waals surface area contributed by atoms with Gasteiger partial charge in [0.2, 0.25) is 0 Å². The normalized spacial score (nSPS) is 13.6.